The van der Waals surface area contributed by atoms with Crippen molar-refractivity contribution in [2.45, 2.75) is 0 Å². The molecule has 0 fully saturated rings. The Morgan fingerprint density at radius 1 is 0.325 bits per heavy atom. The van der Waals surface area contributed by atoms with Crippen molar-refractivity contribution >= 4 is 31.9 Å². The molecule has 40 heavy (non-hydrogen) atoms. The van der Waals surface area contributed by atoms with E-state index in [-0.39, 0.29) is 0 Å². The Labute approximate surface area is 252 Å². The molecule has 0 saturated heterocycles. The summed E-state index contributed by atoms with van der Waals surface area (Å²) in [5.41, 5.74) is 0. The summed E-state index contributed by atoms with van der Waals surface area (Å²) < 4.78 is 58.7. The zero-order valence-electron chi connectivity index (χ0n) is 22.6. The maximum absolute atomic E-state index is 5.87. The van der Waals surface area contributed by atoms with Gasteiger partial charge in [0.05, 0.1) is 79.3 Å². The summed E-state index contributed by atoms with van der Waals surface area (Å²) in [6.45, 7) is 7.05. The quantitative estimate of drug-likeness (QED) is 0.392. The third-order valence-corrected chi connectivity index (χ3v) is 6.23. The Balaban J connectivity index is 1.43. The van der Waals surface area contributed by atoms with Crippen LogP contribution in [-0.2, 0) is 28.4 Å². The molecule has 12 heteroatoms. The van der Waals surface area contributed by atoms with E-state index in [2.05, 4.69) is 31.9 Å². The van der Waals surface area contributed by atoms with Gasteiger partial charge in [-0.1, -0.05) is 31.9 Å². The molecule has 2 aromatic carbocycles. The maximum atomic E-state index is 5.87. The Hall–Kier alpha value is -1.64. The van der Waals surface area contributed by atoms with Gasteiger partial charge in [-0.05, 0) is 36.4 Å². The summed E-state index contributed by atoms with van der Waals surface area (Å²) in [5, 5.41) is 0. The Morgan fingerprint density at radius 3 is 0.875 bits per heavy atom. The van der Waals surface area contributed by atoms with Gasteiger partial charge in [-0.2, -0.15) is 0 Å². The van der Waals surface area contributed by atoms with E-state index in [9.17, 15) is 0 Å². The van der Waals surface area contributed by atoms with Crippen LogP contribution in [0.25, 0.3) is 0 Å². The molecule has 0 bridgehead atoms. The van der Waals surface area contributed by atoms with E-state index >= 15 is 0 Å². The lowest BCUT2D eigenvalue weighted by Crippen LogP contribution is -2.15. The van der Waals surface area contributed by atoms with Crippen LogP contribution in [0.2, 0.25) is 0 Å². The van der Waals surface area contributed by atoms with Crippen LogP contribution in [0, 0.1) is 0 Å². The van der Waals surface area contributed by atoms with E-state index in [0.29, 0.717) is 129 Å². The average Bonchev–Trinajstić information content (AvgIpc) is 2.95. The van der Waals surface area contributed by atoms with Gasteiger partial charge in [0.25, 0.3) is 0 Å². The van der Waals surface area contributed by atoms with Gasteiger partial charge in [-0.3, -0.25) is 0 Å². The van der Waals surface area contributed by atoms with Crippen molar-refractivity contribution in [3.63, 3.8) is 0 Å². The molecule has 2 aromatic rings. The van der Waals surface area contributed by atoms with E-state index in [1.165, 1.54) is 0 Å². The number of benzene rings is 2. The maximum Gasteiger partial charge on any atom is 0.162 e. The topological polar surface area (TPSA) is 92.3 Å². The summed E-state index contributed by atoms with van der Waals surface area (Å²) in [5.74, 6) is 2.56. The van der Waals surface area contributed by atoms with Crippen molar-refractivity contribution in [2.75, 3.05) is 106 Å². The minimum atomic E-state index is 0.379. The predicted molar refractivity (Wildman–Crippen MR) is 155 cm³/mol. The molecule has 3 rings (SSSR count). The van der Waals surface area contributed by atoms with Crippen LogP contribution in [-0.4, -0.2) is 106 Å². The lowest BCUT2D eigenvalue weighted by atomic mass is 10.3. The molecule has 1 heterocycles. The second-order valence-corrected chi connectivity index (χ2v) is 10.1. The Kier molecular flexibility index (Phi) is 17.4. The average molecular weight is 694 g/mol. The minimum Gasteiger partial charge on any atom is -0.487 e. The van der Waals surface area contributed by atoms with Crippen molar-refractivity contribution in [1.29, 1.82) is 0 Å². The molecule has 0 N–H and O–H groups in total. The number of hydrogen-bond donors (Lipinski definition) is 0. The third-order valence-electron chi connectivity index (χ3n) is 5.24. The molecule has 0 unspecified atom stereocenters. The highest BCUT2D eigenvalue weighted by Crippen LogP contribution is 2.31. The molecule has 1 aliphatic heterocycles. The van der Waals surface area contributed by atoms with Crippen molar-refractivity contribution in [2.24, 2.45) is 0 Å². The van der Waals surface area contributed by atoms with Gasteiger partial charge in [0, 0.05) is 8.95 Å². The first-order chi connectivity index (χ1) is 19.7. The second-order valence-electron chi connectivity index (χ2n) is 8.25. The highest BCUT2D eigenvalue weighted by Gasteiger charge is 2.08. The van der Waals surface area contributed by atoms with Crippen molar-refractivity contribution in [3.05, 3.63) is 45.3 Å². The number of hydrogen-bond acceptors (Lipinski definition) is 10. The largest absolute Gasteiger partial charge is 0.487 e. The van der Waals surface area contributed by atoms with Crippen LogP contribution < -0.4 is 18.9 Å². The van der Waals surface area contributed by atoms with Crippen LogP contribution >= 0.6 is 31.9 Å². The third kappa shape index (κ3) is 14.3. The number of fused-ring (bicyclic) bond motifs is 2. The van der Waals surface area contributed by atoms with Crippen LogP contribution in [0.1, 0.15) is 0 Å². The molecule has 0 aromatic heterocycles. The fourth-order valence-corrected chi connectivity index (χ4v) is 4.03. The highest BCUT2D eigenvalue weighted by molar-refractivity contribution is 9.10. The zero-order chi connectivity index (χ0) is 28.1. The Morgan fingerprint density at radius 2 is 0.575 bits per heavy atom. The first kappa shape index (κ1) is 32.9. The van der Waals surface area contributed by atoms with Gasteiger partial charge >= 0.3 is 0 Å². The zero-order valence-corrected chi connectivity index (χ0v) is 25.8. The molecular formula is C28H38Br2O10. The molecule has 0 amide bonds. The van der Waals surface area contributed by atoms with Gasteiger partial charge in [-0.25, -0.2) is 0 Å². The van der Waals surface area contributed by atoms with E-state index in [4.69, 9.17) is 47.4 Å². The summed E-state index contributed by atoms with van der Waals surface area (Å²) in [4.78, 5) is 0. The summed E-state index contributed by atoms with van der Waals surface area (Å²) in [6, 6.07) is 11.3. The fraction of sp³-hybridized carbons (Fsp3) is 0.571. The van der Waals surface area contributed by atoms with Crippen LogP contribution in [0.4, 0.5) is 0 Å². The van der Waals surface area contributed by atoms with Crippen LogP contribution in [0.5, 0.6) is 23.0 Å². The normalized spacial score (nSPS) is 18.9. The lowest BCUT2D eigenvalue weighted by Gasteiger charge is -2.14. The summed E-state index contributed by atoms with van der Waals surface area (Å²) in [6.07, 6.45) is 0. The van der Waals surface area contributed by atoms with Gasteiger partial charge < -0.3 is 47.4 Å². The molecule has 0 spiro atoms. The lowest BCUT2D eigenvalue weighted by molar-refractivity contribution is -0.00725. The minimum absolute atomic E-state index is 0.379. The summed E-state index contributed by atoms with van der Waals surface area (Å²) in [7, 11) is 0. The standard InChI is InChI=1S/C28H38Br2O10/c29-23-1-3-25-27(21-23)39-19-15-35-11-12-36-16-20-40-28-22-24(30)2-4-26(28)38-18-14-34-10-8-32-6-5-31-7-9-33-13-17-37-25/h1-4,21-22H,5-20H2. The summed E-state index contributed by atoms with van der Waals surface area (Å²) >= 11 is 6.95. The van der Waals surface area contributed by atoms with Crippen LogP contribution in [0.15, 0.2) is 45.3 Å². The number of rotatable bonds is 0. The van der Waals surface area contributed by atoms with E-state index in [1.54, 1.807) is 0 Å². The fourth-order valence-electron chi connectivity index (χ4n) is 3.35. The van der Waals surface area contributed by atoms with Gasteiger partial charge in [0.2, 0.25) is 0 Å². The van der Waals surface area contributed by atoms with E-state index in [1.807, 2.05) is 36.4 Å². The van der Waals surface area contributed by atoms with Gasteiger partial charge in [0.15, 0.2) is 23.0 Å². The van der Waals surface area contributed by atoms with E-state index < -0.39 is 0 Å². The molecule has 10 nitrogen and oxygen atoms in total. The SMILES string of the molecule is Brc1ccc2c(c1)OCCOCCOCCOc1cc(Br)ccc1OCCOCCOCCOCCOCCO2. The molecule has 0 atom stereocenters. The first-order valence-electron chi connectivity index (χ1n) is 13.3. The molecular weight excluding hydrogens is 656 g/mol. The van der Waals surface area contributed by atoms with Crippen molar-refractivity contribution < 1.29 is 47.4 Å². The smallest absolute Gasteiger partial charge is 0.162 e. The van der Waals surface area contributed by atoms with Crippen LogP contribution in [0.3, 0.4) is 0 Å². The Bertz CT molecular complexity index is 874. The molecule has 224 valence electrons. The number of halogens is 2. The molecule has 0 saturated carbocycles. The monoisotopic (exact) mass is 692 g/mol. The van der Waals surface area contributed by atoms with Gasteiger partial charge in [0.1, 0.15) is 26.4 Å². The van der Waals surface area contributed by atoms with Crippen molar-refractivity contribution in [1.82, 2.24) is 0 Å². The predicted octanol–water partition coefficient (Wildman–Crippen LogP) is 4.54. The first-order valence-corrected chi connectivity index (χ1v) is 14.9. The molecule has 0 radical (unpaired) electrons. The second kappa shape index (κ2) is 21.1. The van der Waals surface area contributed by atoms with Gasteiger partial charge in [-0.15, -0.1) is 0 Å². The highest BCUT2D eigenvalue weighted by atomic mass is 79.9. The molecule has 0 aliphatic carbocycles. The number of ether oxygens (including phenoxy) is 10. The van der Waals surface area contributed by atoms with Crippen molar-refractivity contribution in [3.8, 4) is 23.0 Å². The molecule has 1 aliphatic rings. The van der Waals surface area contributed by atoms with E-state index in [0.717, 1.165) is 8.95 Å².